The van der Waals surface area contributed by atoms with Crippen LogP contribution in [0, 0.1) is 0 Å². The molecule has 0 aromatic rings. The molecule has 1 unspecified atom stereocenters. The van der Waals surface area contributed by atoms with E-state index in [1.165, 1.54) is 7.11 Å². The van der Waals surface area contributed by atoms with Crippen LogP contribution in [0.4, 0.5) is 4.79 Å². The summed E-state index contributed by atoms with van der Waals surface area (Å²) in [6, 6.07) is 0. The van der Waals surface area contributed by atoms with Gasteiger partial charge >= 0.3 is 6.16 Å². The summed E-state index contributed by atoms with van der Waals surface area (Å²) in [5, 5.41) is 0. The van der Waals surface area contributed by atoms with Gasteiger partial charge in [0.25, 0.3) is 0 Å². The van der Waals surface area contributed by atoms with Crippen molar-refractivity contribution in [3.05, 3.63) is 12.3 Å². The van der Waals surface area contributed by atoms with Gasteiger partial charge in [0.15, 0.2) is 0 Å². The number of cyclic esters (lactones) is 2. The van der Waals surface area contributed by atoms with E-state index >= 15 is 0 Å². The molecule has 1 atom stereocenters. The van der Waals surface area contributed by atoms with Gasteiger partial charge in [-0.1, -0.05) is 6.58 Å². The molecule has 1 saturated heterocycles. The Morgan fingerprint density at radius 1 is 1.80 bits per heavy atom. The highest BCUT2D eigenvalue weighted by molar-refractivity contribution is 5.62. The van der Waals surface area contributed by atoms with Crippen molar-refractivity contribution in [2.75, 3.05) is 7.11 Å². The molecule has 4 heteroatoms. The molecule has 1 fully saturated rings. The Labute approximate surface area is 58.4 Å². The van der Waals surface area contributed by atoms with Crippen LogP contribution in [0.5, 0.6) is 0 Å². The van der Waals surface area contributed by atoms with E-state index in [9.17, 15) is 4.79 Å². The molecule has 1 aliphatic rings. The van der Waals surface area contributed by atoms with Gasteiger partial charge in [-0.15, -0.1) is 0 Å². The van der Waals surface area contributed by atoms with Crippen molar-refractivity contribution in [3.63, 3.8) is 0 Å². The maximum absolute atomic E-state index is 10.5. The van der Waals surface area contributed by atoms with Crippen molar-refractivity contribution in [1.29, 1.82) is 0 Å². The summed E-state index contributed by atoms with van der Waals surface area (Å²) in [6.07, 6.45) is -0.876. The molecule has 0 aliphatic carbocycles. The zero-order valence-electron chi connectivity index (χ0n) is 5.62. The summed E-state index contributed by atoms with van der Waals surface area (Å²) in [4.78, 5) is 10.5. The number of carbonyl (C=O) groups is 1. The fraction of sp³-hybridized carbons (Fsp3) is 0.500. The van der Waals surface area contributed by atoms with E-state index in [2.05, 4.69) is 16.1 Å². The van der Waals surface area contributed by atoms with Crippen LogP contribution in [0.1, 0.15) is 6.42 Å². The highest BCUT2D eigenvalue weighted by Crippen LogP contribution is 2.16. The Kier molecular flexibility index (Phi) is 1.91. The van der Waals surface area contributed by atoms with Crippen molar-refractivity contribution < 1.29 is 19.0 Å². The molecule has 0 radical (unpaired) electrons. The number of rotatable bonds is 1. The van der Waals surface area contributed by atoms with Crippen molar-refractivity contribution in [1.82, 2.24) is 0 Å². The first kappa shape index (κ1) is 7.08. The van der Waals surface area contributed by atoms with E-state index in [0.717, 1.165) is 0 Å². The molecule has 1 heterocycles. The highest BCUT2D eigenvalue weighted by Gasteiger charge is 2.23. The van der Waals surface area contributed by atoms with Gasteiger partial charge in [-0.3, -0.25) is 0 Å². The van der Waals surface area contributed by atoms with Gasteiger partial charge in [0, 0.05) is 7.11 Å². The summed E-state index contributed by atoms with van der Waals surface area (Å²) in [7, 11) is 1.45. The number of hydrogen-bond donors (Lipinski definition) is 0. The van der Waals surface area contributed by atoms with Crippen LogP contribution in [0.25, 0.3) is 0 Å². The smallest absolute Gasteiger partial charge is 0.404 e. The van der Waals surface area contributed by atoms with Crippen molar-refractivity contribution in [2.24, 2.45) is 0 Å². The van der Waals surface area contributed by atoms with E-state index in [4.69, 9.17) is 4.74 Å². The lowest BCUT2D eigenvalue weighted by Gasteiger charge is -2.21. The van der Waals surface area contributed by atoms with Gasteiger partial charge in [-0.2, -0.15) is 0 Å². The molecule has 0 aromatic carbocycles. The van der Waals surface area contributed by atoms with Crippen molar-refractivity contribution in [3.8, 4) is 0 Å². The summed E-state index contributed by atoms with van der Waals surface area (Å²) in [5.74, 6) is 0.378. The normalized spacial score (nSPS) is 25.5. The maximum atomic E-state index is 10.5. The molecule has 0 amide bonds. The van der Waals surface area contributed by atoms with Crippen LogP contribution in [-0.2, 0) is 14.2 Å². The van der Waals surface area contributed by atoms with Crippen LogP contribution in [0.15, 0.2) is 12.3 Å². The summed E-state index contributed by atoms with van der Waals surface area (Å²) >= 11 is 0. The molecule has 1 rings (SSSR count). The number of methoxy groups -OCH3 is 1. The number of hydrogen-bond acceptors (Lipinski definition) is 4. The van der Waals surface area contributed by atoms with Crippen molar-refractivity contribution >= 4 is 6.16 Å². The van der Waals surface area contributed by atoms with Gasteiger partial charge in [-0.05, 0) is 0 Å². The van der Waals surface area contributed by atoms with Gasteiger partial charge in [0.2, 0.25) is 6.29 Å². The van der Waals surface area contributed by atoms with Crippen LogP contribution < -0.4 is 0 Å². The van der Waals surface area contributed by atoms with E-state index in [-0.39, 0.29) is 0 Å². The van der Waals surface area contributed by atoms with Crippen LogP contribution >= 0.6 is 0 Å². The SMILES string of the molecule is C=C1CC(OC)OC(=O)O1. The minimum atomic E-state index is -0.747. The van der Waals surface area contributed by atoms with E-state index in [0.29, 0.717) is 12.2 Å². The number of carbonyl (C=O) groups excluding carboxylic acids is 1. The summed E-state index contributed by atoms with van der Waals surface area (Å²) < 4.78 is 13.8. The molecule has 1 aliphatic heterocycles. The fourth-order valence-electron chi connectivity index (χ4n) is 0.650. The standard InChI is InChI=1S/C6H8O4/c1-4-3-5(8-2)10-6(7)9-4/h5H,1,3H2,2H3. The lowest BCUT2D eigenvalue weighted by atomic mass is 10.3. The zero-order valence-corrected chi connectivity index (χ0v) is 5.62. The Hall–Kier alpha value is -1.03. The molecule has 0 saturated carbocycles. The average molecular weight is 144 g/mol. The average Bonchev–Trinajstić information content (AvgIpc) is 1.85. The molecule has 56 valence electrons. The largest absolute Gasteiger partial charge is 0.515 e. The highest BCUT2D eigenvalue weighted by atomic mass is 16.8. The Balaban J connectivity index is 2.50. The van der Waals surface area contributed by atoms with Gasteiger partial charge in [-0.25, -0.2) is 4.79 Å². The molecule has 0 spiro atoms. The third kappa shape index (κ3) is 1.48. The maximum Gasteiger partial charge on any atom is 0.515 e. The minimum absolute atomic E-state index is 0.378. The summed E-state index contributed by atoms with van der Waals surface area (Å²) in [5.41, 5.74) is 0. The van der Waals surface area contributed by atoms with E-state index in [1.807, 2.05) is 0 Å². The predicted molar refractivity (Wildman–Crippen MR) is 32.1 cm³/mol. The Morgan fingerprint density at radius 2 is 2.50 bits per heavy atom. The monoisotopic (exact) mass is 144 g/mol. The zero-order chi connectivity index (χ0) is 7.56. The second kappa shape index (κ2) is 2.70. The van der Waals surface area contributed by atoms with Gasteiger partial charge in [0.1, 0.15) is 5.76 Å². The second-order valence-electron chi connectivity index (χ2n) is 1.88. The first-order valence-corrected chi connectivity index (χ1v) is 2.81. The summed E-state index contributed by atoms with van der Waals surface area (Å²) in [6.45, 7) is 3.46. The topological polar surface area (TPSA) is 44.8 Å². The van der Waals surface area contributed by atoms with Crippen LogP contribution in [0.3, 0.4) is 0 Å². The molecular formula is C6H8O4. The molecule has 10 heavy (non-hydrogen) atoms. The Morgan fingerprint density at radius 3 is 3.00 bits per heavy atom. The van der Waals surface area contributed by atoms with Crippen LogP contribution in [-0.4, -0.2) is 19.6 Å². The van der Waals surface area contributed by atoms with Gasteiger partial charge < -0.3 is 14.2 Å². The third-order valence-electron chi connectivity index (χ3n) is 1.11. The quantitative estimate of drug-likeness (QED) is 0.515. The molecule has 0 N–H and O–H groups in total. The first-order valence-electron chi connectivity index (χ1n) is 2.81. The molecular weight excluding hydrogens is 136 g/mol. The first-order chi connectivity index (χ1) is 4.72. The van der Waals surface area contributed by atoms with Crippen LogP contribution in [0.2, 0.25) is 0 Å². The Bertz CT molecular complexity index is 147. The molecule has 0 aromatic heterocycles. The minimum Gasteiger partial charge on any atom is -0.404 e. The molecule has 4 nitrogen and oxygen atoms in total. The fourth-order valence-corrected chi connectivity index (χ4v) is 0.650. The third-order valence-corrected chi connectivity index (χ3v) is 1.11. The van der Waals surface area contributed by atoms with E-state index < -0.39 is 12.4 Å². The lowest BCUT2D eigenvalue weighted by Crippen LogP contribution is -2.26. The number of ether oxygens (including phenoxy) is 3. The van der Waals surface area contributed by atoms with Crippen molar-refractivity contribution in [2.45, 2.75) is 12.7 Å². The lowest BCUT2D eigenvalue weighted by molar-refractivity contribution is -0.122. The predicted octanol–water partition coefficient (Wildman–Crippen LogP) is 1.03. The second-order valence-corrected chi connectivity index (χ2v) is 1.88. The molecule has 0 bridgehead atoms. The van der Waals surface area contributed by atoms with Gasteiger partial charge in [0.05, 0.1) is 6.42 Å². The van der Waals surface area contributed by atoms with E-state index in [1.54, 1.807) is 0 Å².